The van der Waals surface area contributed by atoms with Crippen molar-refractivity contribution in [2.24, 2.45) is 0 Å². The largest absolute Gasteiger partial charge is 0.478 e. The maximum Gasteiger partial charge on any atom is 0.337 e. The Morgan fingerprint density at radius 1 is 1.25 bits per heavy atom. The van der Waals surface area contributed by atoms with Crippen LogP contribution < -0.4 is 5.32 Å². The van der Waals surface area contributed by atoms with Gasteiger partial charge < -0.3 is 19.9 Å². The van der Waals surface area contributed by atoms with Gasteiger partial charge in [0.15, 0.2) is 0 Å². The van der Waals surface area contributed by atoms with Crippen molar-refractivity contribution in [3.63, 3.8) is 0 Å². The highest BCUT2D eigenvalue weighted by Crippen LogP contribution is 2.17. The van der Waals surface area contributed by atoms with E-state index in [1.54, 1.807) is 19.1 Å². The summed E-state index contributed by atoms with van der Waals surface area (Å²) in [4.78, 5) is 22.7. The summed E-state index contributed by atoms with van der Waals surface area (Å²) in [6.45, 7) is 4.86. The number of amides is 1. The first-order valence-corrected chi connectivity index (χ1v) is 6.34. The first kappa shape index (κ1) is 16.1. The Morgan fingerprint density at radius 3 is 2.60 bits per heavy atom. The van der Waals surface area contributed by atoms with Crippen LogP contribution in [0.5, 0.6) is 0 Å². The molecule has 20 heavy (non-hydrogen) atoms. The van der Waals surface area contributed by atoms with Gasteiger partial charge in [-0.05, 0) is 26.0 Å². The Bertz CT molecular complexity index is 473. The third kappa shape index (κ3) is 5.38. The zero-order chi connectivity index (χ0) is 15.0. The number of aromatic carboxylic acids is 1. The lowest BCUT2D eigenvalue weighted by molar-refractivity contribution is -0.121. The van der Waals surface area contributed by atoms with Gasteiger partial charge in [-0.15, -0.1) is 0 Å². The van der Waals surface area contributed by atoms with Crippen LogP contribution in [0.25, 0.3) is 0 Å². The molecule has 0 aromatic heterocycles. The van der Waals surface area contributed by atoms with E-state index in [1.807, 2.05) is 6.92 Å². The highest BCUT2D eigenvalue weighted by Gasteiger charge is 2.12. The van der Waals surface area contributed by atoms with E-state index < -0.39 is 11.9 Å². The van der Waals surface area contributed by atoms with Crippen LogP contribution in [0.1, 0.15) is 22.8 Å². The summed E-state index contributed by atoms with van der Waals surface area (Å²) in [5.41, 5.74) is 1.14. The third-order valence-electron chi connectivity index (χ3n) is 2.49. The summed E-state index contributed by atoms with van der Waals surface area (Å²) in [5.74, 6) is -1.48. The van der Waals surface area contributed by atoms with Gasteiger partial charge in [-0.3, -0.25) is 4.79 Å². The Kier molecular flexibility index (Phi) is 6.69. The molecule has 0 aliphatic carbocycles. The lowest BCUT2D eigenvalue weighted by Gasteiger charge is -2.09. The van der Waals surface area contributed by atoms with Crippen molar-refractivity contribution in [3.8, 4) is 0 Å². The molecule has 1 aromatic carbocycles. The van der Waals surface area contributed by atoms with Crippen molar-refractivity contribution >= 4 is 17.6 Å². The highest BCUT2D eigenvalue weighted by atomic mass is 16.5. The summed E-state index contributed by atoms with van der Waals surface area (Å²) in [6, 6.07) is 4.81. The molecular weight excluding hydrogens is 262 g/mol. The molecule has 0 aliphatic rings. The molecule has 1 amide bonds. The third-order valence-corrected chi connectivity index (χ3v) is 2.49. The Hall–Kier alpha value is -1.92. The van der Waals surface area contributed by atoms with Crippen LogP contribution >= 0.6 is 0 Å². The van der Waals surface area contributed by atoms with Gasteiger partial charge in [0.1, 0.15) is 6.61 Å². The van der Waals surface area contributed by atoms with Gasteiger partial charge in [-0.1, -0.05) is 11.6 Å². The zero-order valence-corrected chi connectivity index (χ0v) is 11.6. The van der Waals surface area contributed by atoms with Gasteiger partial charge in [-0.2, -0.15) is 0 Å². The average molecular weight is 281 g/mol. The van der Waals surface area contributed by atoms with E-state index in [-0.39, 0.29) is 17.9 Å². The molecule has 0 saturated carbocycles. The number of anilines is 1. The molecule has 0 fully saturated rings. The van der Waals surface area contributed by atoms with Crippen LogP contribution in [0.4, 0.5) is 5.69 Å². The number of ether oxygens (including phenoxy) is 2. The SMILES string of the molecule is CCOCCOCC(=O)Nc1ccc(C)cc1C(=O)O. The lowest BCUT2D eigenvalue weighted by atomic mass is 10.1. The number of carboxylic acids is 1. The van der Waals surface area contributed by atoms with Crippen molar-refractivity contribution in [3.05, 3.63) is 29.3 Å². The summed E-state index contributed by atoms with van der Waals surface area (Å²) in [7, 11) is 0. The normalized spacial score (nSPS) is 10.3. The molecule has 0 radical (unpaired) electrons. The van der Waals surface area contributed by atoms with Crippen LogP contribution in [-0.2, 0) is 14.3 Å². The molecule has 0 saturated heterocycles. The number of aryl methyl sites for hydroxylation is 1. The van der Waals surface area contributed by atoms with Gasteiger partial charge in [0.2, 0.25) is 5.91 Å². The quantitative estimate of drug-likeness (QED) is 0.708. The second kappa shape index (κ2) is 8.29. The van der Waals surface area contributed by atoms with E-state index in [4.69, 9.17) is 14.6 Å². The van der Waals surface area contributed by atoms with Gasteiger partial charge in [-0.25, -0.2) is 4.79 Å². The van der Waals surface area contributed by atoms with Crippen molar-refractivity contribution < 1.29 is 24.2 Å². The lowest BCUT2D eigenvalue weighted by Crippen LogP contribution is -2.21. The molecule has 0 spiro atoms. The second-order valence-electron chi connectivity index (χ2n) is 4.15. The summed E-state index contributed by atoms with van der Waals surface area (Å²) in [6.07, 6.45) is 0. The summed E-state index contributed by atoms with van der Waals surface area (Å²) >= 11 is 0. The Morgan fingerprint density at radius 2 is 1.95 bits per heavy atom. The standard InChI is InChI=1S/C14H19NO5/c1-3-19-6-7-20-9-13(16)15-12-5-4-10(2)8-11(12)14(17)18/h4-5,8H,3,6-7,9H2,1-2H3,(H,15,16)(H,17,18). The molecular formula is C14H19NO5. The number of carbonyl (C=O) groups is 2. The van der Waals surface area contributed by atoms with Gasteiger partial charge >= 0.3 is 5.97 Å². The minimum absolute atomic E-state index is 0.0627. The molecule has 6 nitrogen and oxygen atoms in total. The van der Waals surface area contributed by atoms with Crippen molar-refractivity contribution in [1.29, 1.82) is 0 Å². The smallest absolute Gasteiger partial charge is 0.337 e. The predicted molar refractivity (Wildman–Crippen MR) is 74.1 cm³/mol. The maximum atomic E-state index is 11.6. The molecule has 2 N–H and O–H groups in total. The minimum atomic E-state index is -1.08. The van der Waals surface area contributed by atoms with Crippen molar-refractivity contribution in [1.82, 2.24) is 0 Å². The molecule has 1 rings (SSSR count). The average Bonchev–Trinajstić information content (AvgIpc) is 2.40. The molecule has 1 aromatic rings. The molecule has 6 heteroatoms. The zero-order valence-electron chi connectivity index (χ0n) is 11.6. The number of hydrogen-bond acceptors (Lipinski definition) is 4. The van der Waals surface area contributed by atoms with E-state index in [0.717, 1.165) is 5.56 Å². The van der Waals surface area contributed by atoms with Crippen LogP contribution in [0.3, 0.4) is 0 Å². The first-order valence-electron chi connectivity index (χ1n) is 6.34. The highest BCUT2D eigenvalue weighted by molar-refractivity contribution is 6.01. The number of benzene rings is 1. The number of carbonyl (C=O) groups excluding carboxylic acids is 1. The molecule has 0 unspecified atom stereocenters. The predicted octanol–water partition coefficient (Wildman–Crippen LogP) is 1.68. The molecule has 0 aliphatic heterocycles. The topological polar surface area (TPSA) is 84.9 Å². The van der Waals surface area contributed by atoms with E-state index in [0.29, 0.717) is 19.8 Å². The van der Waals surface area contributed by atoms with Gasteiger partial charge in [0.25, 0.3) is 0 Å². The van der Waals surface area contributed by atoms with Crippen LogP contribution in [-0.4, -0.2) is 43.4 Å². The van der Waals surface area contributed by atoms with E-state index >= 15 is 0 Å². The maximum absolute atomic E-state index is 11.6. The van der Waals surface area contributed by atoms with Gasteiger partial charge in [0, 0.05) is 6.61 Å². The van der Waals surface area contributed by atoms with Crippen LogP contribution in [0, 0.1) is 6.92 Å². The summed E-state index contributed by atoms with van der Waals surface area (Å²) < 4.78 is 10.2. The second-order valence-corrected chi connectivity index (χ2v) is 4.15. The minimum Gasteiger partial charge on any atom is -0.478 e. The fourth-order valence-electron chi connectivity index (χ4n) is 1.56. The number of carboxylic acid groups (broad SMARTS) is 1. The van der Waals surface area contributed by atoms with Crippen molar-refractivity contribution in [2.75, 3.05) is 31.7 Å². The number of rotatable bonds is 8. The van der Waals surface area contributed by atoms with E-state index in [2.05, 4.69) is 5.32 Å². The van der Waals surface area contributed by atoms with Gasteiger partial charge in [0.05, 0.1) is 24.5 Å². The molecule has 0 heterocycles. The van der Waals surface area contributed by atoms with E-state index in [9.17, 15) is 9.59 Å². The fourth-order valence-corrected chi connectivity index (χ4v) is 1.56. The van der Waals surface area contributed by atoms with E-state index in [1.165, 1.54) is 6.07 Å². The Balaban J connectivity index is 2.51. The molecule has 110 valence electrons. The van der Waals surface area contributed by atoms with Crippen LogP contribution in [0.15, 0.2) is 18.2 Å². The molecule has 0 atom stereocenters. The number of nitrogens with one attached hydrogen (secondary N) is 1. The fraction of sp³-hybridized carbons (Fsp3) is 0.429. The molecule has 0 bridgehead atoms. The summed E-state index contributed by atoms with van der Waals surface area (Å²) in [5, 5.41) is 11.6. The van der Waals surface area contributed by atoms with Crippen LogP contribution in [0.2, 0.25) is 0 Å². The number of hydrogen-bond donors (Lipinski definition) is 2. The first-order chi connectivity index (χ1) is 9.54. The monoisotopic (exact) mass is 281 g/mol. The van der Waals surface area contributed by atoms with Crippen molar-refractivity contribution in [2.45, 2.75) is 13.8 Å². The Labute approximate surface area is 117 Å².